The van der Waals surface area contributed by atoms with Crippen molar-refractivity contribution in [1.29, 1.82) is 0 Å². The maximum Gasteiger partial charge on any atom is 0.0498 e. The Labute approximate surface area is 490 Å². The van der Waals surface area contributed by atoms with Crippen LogP contribution in [0.5, 0.6) is 0 Å². The van der Waals surface area contributed by atoms with Gasteiger partial charge < -0.3 is 4.57 Å². The molecule has 4 aromatic carbocycles. The second-order valence-electron chi connectivity index (χ2n) is 25.5. The minimum atomic E-state index is -0.215. The average Bonchev–Trinajstić information content (AvgIpc) is 4.33. The van der Waals surface area contributed by atoms with Crippen molar-refractivity contribution in [3.05, 3.63) is 140 Å². The molecule has 3 unspecified atom stereocenters. The van der Waals surface area contributed by atoms with Crippen LogP contribution in [0, 0.1) is 5.92 Å². The number of rotatable bonds is 38. The number of hydrogen-bond donors (Lipinski definition) is 0. The van der Waals surface area contributed by atoms with Crippen molar-refractivity contribution in [3.8, 4) is 20.9 Å². The van der Waals surface area contributed by atoms with Crippen molar-refractivity contribution in [3.63, 3.8) is 0 Å². The minimum absolute atomic E-state index is 0.215. The van der Waals surface area contributed by atoms with Crippen LogP contribution in [0.4, 0.5) is 0 Å². The van der Waals surface area contributed by atoms with E-state index < -0.39 is 0 Å². The van der Waals surface area contributed by atoms with E-state index >= 15 is 0 Å². The Hall–Kier alpha value is -3.92. The fourth-order valence-electron chi connectivity index (χ4n) is 14.6. The van der Waals surface area contributed by atoms with Crippen molar-refractivity contribution in [1.82, 2.24) is 4.57 Å². The first kappa shape index (κ1) is 59.7. The number of aromatic nitrogens is 1. The predicted octanol–water partition coefficient (Wildman–Crippen LogP) is 24.9. The fraction of sp³-hybridized carbons (Fsp3) is 0.579. The Morgan fingerprint density at radius 3 is 1.05 bits per heavy atom. The first-order chi connectivity index (χ1) is 38.8. The number of nitrogens with zero attached hydrogens (tertiary/aromatic N) is 1. The summed E-state index contributed by atoms with van der Waals surface area (Å²) in [5.41, 5.74) is 17.2. The third kappa shape index (κ3) is 14.0. The van der Waals surface area contributed by atoms with Crippen molar-refractivity contribution in [2.75, 3.05) is 0 Å². The Kier molecular flexibility index (Phi) is 22.6. The molecule has 3 heterocycles. The van der Waals surface area contributed by atoms with Gasteiger partial charge in [-0.2, -0.15) is 0 Å². The van der Waals surface area contributed by atoms with Crippen LogP contribution < -0.4 is 0 Å². The zero-order valence-corrected chi connectivity index (χ0v) is 52.5. The molecule has 2 aliphatic carbocycles. The summed E-state index contributed by atoms with van der Waals surface area (Å²) >= 11 is 3.93. The Morgan fingerprint density at radius 2 is 0.696 bits per heavy atom. The molecule has 0 amide bonds. The minimum Gasteiger partial charge on any atom is -0.340 e. The molecular weight excluding hydrogens is 991 g/mol. The molecule has 79 heavy (non-hydrogen) atoms. The lowest BCUT2D eigenvalue weighted by Crippen LogP contribution is -2.22. The number of hydrogen-bond acceptors (Lipinski definition) is 2. The van der Waals surface area contributed by atoms with E-state index in [1.54, 1.807) is 0 Å². The number of thiophene rings is 2. The van der Waals surface area contributed by atoms with Crippen LogP contribution in [0.15, 0.2) is 95.7 Å². The summed E-state index contributed by atoms with van der Waals surface area (Å²) in [4.78, 5) is 2.96. The molecule has 0 spiro atoms. The highest BCUT2D eigenvalue weighted by Gasteiger charge is 2.44. The van der Waals surface area contributed by atoms with E-state index in [1.165, 1.54) is 306 Å². The van der Waals surface area contributed by atoms with Crippen molar-refractivity contribution >= 4 is 44.5 Å². The van der Waals surface area contributed by atoms with Gasteiger partial charge in [0.25, 0.3) is 0 Å². The van der Waals surface area contributed by atoms with Gasteiger partial charge in [0.1, 0.15) is 0 Å². The van der Waals surface area contributed by atoms with Crippen LogP contribution in [-0.4, -0.2) is 4.57 Å². The van der Waals surface area contributed by atoms with Crippen LogP contribution >= 0.6 is 22.7 Å². The summed E-state index contributed by atoms with van der Waals surface area (Å²) in [6, 6.07) is 35.6. The van der Waals surface area contributed by atoms with Gasteiger partial charge in [0.2, 0.25) is 0 Å². The molecule has 0 aliphatic heterocycles. The van der Waals surface area contributed by atoms with E-state index in [0.29, 0.717) is 5.92 Å². The zero-order valence-electron chi connectivity index (χ0n) is 50.8. The van der Waals surface area contributed by atoms with Gasteiger partial charge in [-0.15, -0.1) is 22.7 Å². The first-order valence-corrected chi connectivity index (χ1v) is 35.1. The maximum atomic E-state index is 2.87. The molecule has 0 saturated carbocycles. The second-order valence-corrected chi connectivity index (χ2v) is 27.4. The standard InChI is InChI=1S/C76H105NS2/c1-7-11-15-19-23-25-26-28-32-36-40-60(39-35-31-27-24-20-16-12-8-2)57-77-71-55-65-69(75(5,67-49-51-78-73(65)67)61-45-41-58(42-46-61)37-33-29-21-17-13-9-3)53-63(71)64-54-70-66(56-72(64)77)74-68(50-52-79-74)76(70,6)62-47-43-59(44-48-62)38-34-30-22-18-14-10-4/h41-56,60H,7-40,57H2,1-6H3. The van der Waals surface area contributed by atoms with Crippen molar-refractivity contribution < 1.29 is 0 Å². The van der Waals surface area contributed by atoms with Gasteiger partial charge in [0, 0.05) is 48.9 Å². The molecule has 0 saturated heterocycles. The number of unbranched alkanes of at least 4 members (excludes halogenated alkanes) is 26. The SMILES string of the molecule is CCCCCCCCCCCCC(CCCCCCCCCC)Cn1c2cc3c(cc2c2cc4c(cc21)-c1sccc1C4(C)c1ccc(CCCCCCCC)cc1)C(C)(c1ccc(CCCCCCCC)cc1)c1ccsc1-3. The quantitative estimate of drug-likeness (QED) is 0.0340. The molecule has 3 aromatic heterocycles. The third-order valence-electron chi connectivity index (χ3n) is 19.7. The average molecular weight is 1100 g/mol. The molecule has 9 rings (SSSR count). The lowest BCUT2D eigenvalue weighted by atomic mass is 9.73. The van der Waals surface area contributed by atoms with Gasteiger partial charge in [-0.05, 0) is 161 Å². The van der Waals surface area contributed by atoms with E-state index in [2.05, 4.69) is 142 Å². The molecule has 0 N–H and O–H groups in total. The van der Waals surface area contributed by atoms with Gasteiger partial charge in [-0.25, -0.2) is 0 Å². The molecule has 2 aliphatic rings. The fourth-order valence-corrected chi connectivity index (χ4v) is 16.7. The highest BCUT2D eigenvalue weighted by Crippen LogP contribution is 2.59. The van der Waals surface area contributed by atoms with Gasteiger partial charge in [0.15, 0.2) is 0 Å². The van der Waals surface area contributed by atoms with Crippen LogP contribution in [0.1, 0.15) is 292 Å². The summed E-state index contributed by atoms with van der Waals surface area (Å²) in [6.07, 6.45) is 46.3. The Bertz CT molecular complexity index is 2750. The van der Waals surface area contributed by atoms with Crippen LogP contribution in [0.2, 0.25) is 0 Å². The number of fused-ring (bicyclic) bond motifs is 9. The third-order valence-corrected chi connectivity index (χ3v) is 21.6. The second kappa shape index (κ2) is 29.9. The van der Waals surface area contributed by atoms with E-state index in [9.17, 15) is 0 Å². The summed E-state index contributed by atoms with van der Waals surface area (Å²) in [5.74, 6) is 0.671. The molecule has 426 valence electrons. The van der Waals surface area contributed by atoms with E-state index in [4.69, 9.17) is 0 Å². The molecule has 0 bridgehead atoms. The number of aryl methyl sites for hydroxylation is 2. The summed E-state index contributed by atoms with van der Waals surface area (Å²) in [6.45, 7) is 15.5. The van der Waals surface area contributed by atoms with Gasteiger partial charge in [-0.1, -0.05) is 256 Å². The Balaban J connectivity index is 1.08. The monoisotopic (exact) mass is 1100 g/mol. The Morgan fingerprint density at radius 1 is 0.367 bits per heavy atom. The van der Waals surface area contributed by atoms with Crippen molar-refractivity contribution in [2.24, 2.45) is 5.92 Å². The summed E-state index contributed by atoms with van der Waals surface area (Å²) in [7, 11) is 0. The largest absolute Gasteiger partial charge is 0.340 e. The van der Waals surface area contributed by atoms with E-state index in [0.717, 1.165) is 6.54 Å². The normalized spacial score (nSPS) is 16.8. The lowest BCUT2D eigenvalue weighted by molar-refractivity contribution is 0.364. The lowest BCUT2D eigenvalue weighted by Gasteiger charge is -2.28. The smallest absolute Gasteiger partial charge is 0.0498 e. The zero-order chi connectivity index (χ0) is 54.9. The molecule has 0 fully saturated rings. The molecular formula is C76H105NS2. The van der Waals surface area contributed by atoms with E-state index in [-0.39, 0.29) is 10.8 Å². The van der Waals surface area contributed by atoms with E-state index in [1.807, 2.05) is 22.7 Å². The topological polar surface area (TPSA) is 4.93 Å². The molecule has 1 nitrogen and oxygen atoms in total. The molecule has 7 aromatic rings. The number of benzene rings is 4. The highest BCUT2D eigenvalue weighted by atomic mass is 32.1. The van der Waals surface area contributed by atoms with Gasteiger partial charge in [0.05, 0.1) is 0 Å². The molecule has 0 radical (unpaired) electrons. The van der Waals surface area contributed by atoms with Crippen molar-refractivity contribution in [2.45, 2.75) is 277 Å². The summed E-state index contributed by atoms with van der Waals surface area (Å²) in [5, 5.41) is 7.65. The van der Waals surface area contributed by atoms with Crippen LogP contribution in [-0.2, 0) is 30.2 Å². The highest BCUT2D eigenvalue weighted by molar-refractivity contribution is 7.14. The summed E-state index contributed by atoms with van der Waals surface area (Å²) < 4.78 is 2.87. The van der Waals surface area contributed by atoms with Gasteiger partial charge in [-0.3, -0.25) is 0 Å². The van der Waals surface area contributed by atoms with Crippen LogP contribution in [0.3, 0.4) is 0 Å². The predicted molar refractivity (Wildman–Crippen MR) is 351 cm³/mol. The maximum absolute atomic E-state index is 2.87. The van der Waals surface area contributed by atoms with Gasteiger partial charge >= 0.3 is 0 Å². The molecule has 3 atom stereocenters. The van der Waals surface area contributed by atoms with Crippen LogP contribution in [0.25, 0.3) is 42.7 Å². The first-order valence-electron chi connectivity index (χ1n) is 33.3. The molecule has 3 heteroatoms.